The molecule has 2 heterocycles. The van der Waals surface area contributed by atoms with Gasteiger partial charge in [-0.15, -0.1) is 24.0 Å². The monoisotopic (exact) mass is 496 g/mol. The number of nitrogens with zero attached hydrogens (tertiary/aromatic N) is 4. The normalized spacial score (nSPS) is 17.8. The van der Waals surface area contributed by atoms with E-state index in [0.29, 0.717) is 0 Å². The molecule has 28 heavy (non-hydrogen) atoms. The molecule has 0 spiro atoms. The fourth-order valence-electron chi connectivity index (χ4n) is 3.69. The van der Waals surface area contributed by atoms with Crippen molar-refractivity contribution in [2.45, 2.75) is 45.2 Å². The zero-order valence-corrected chi connectivity index (χ0v) is 19.3. The quantitative estimate of drug-likeness (QED) is 0.267. The lowest BCUT2D eigenvalue weighted by atomic mass is 10.0. The lowest BCUT2D eigenvalue weighted by Gasteiger charge is -2.33. The van der Waals surface area contributed by atoms with E-state index in [4.69, 9.17) is 0 Å². The van der Waals surface area contributed by atoms with E-state index >= 15 is 0 Å². The van der Waals surface area contributed by atoms with Crippen molar-refractivity contribution in [2.24, 2.45) is 4.99 Å². The summed E-state index contributed by atoms with van der Waals surface area (Å²) in [6.45, 7) is 6.42. The fourth-order valence-corrected chi connectivity index (χ4v) is 3.69. The van der Waals surface area contributed by atoms with Crippen molar-refractivity contribution in [3.8, 4) is 5.69 Å². The topological polar surface area (TPSA) is 57.5 Å². The number of imidazole rings is 1. The average molecular weight is 496 g/mol. The van der Waals surface area contributed by atoms with Crippen LogP contribution >= 0.6 is 24.0 Å². The fraction of sp³-hybridized carbons (Fsp3) is 0.524. The van der Waals surface area contributed by atoms with Crippen molar-refractivity contribution in [2.75, 3.05) is 26.7 Å². The maximum atomic E-state index is 4.36. The number of aromatic nitrogens is 2. The number of hydrogen-bond acceptors (Lipinski definition) is 3. The average Bonchev–Trinajstić information content (AvgIpc) is 3.23. The van der Waals surface area contributed by atoms with Gasteiger partial charge in [0.15, 0.2) is 5.96 Å². The summed E-state index contributed by atoms with van der Waals surface area (Å²) in [6, 6.07) is 9.08. The van der Waals surface area contributed by atoms with Gasteiger partial charge in [-0.2, -0.15) is 0 Å². The van der Waals surface area contributed by atoms with Crippen molar-refractivity contribution in [1.82, 2.24) is 25.1 Å². The Kier molecular flexibility index (Phi) is 9.77. The Bertz CT molecular complexity index is 715. The van der Waals surface area contributed by atoms with Crippen LogP contribution in [0.5, 0.6) is 0 Å². The van der Waals surface area contributed by atoms with Crippen LogP contribution in [0.1, 0.15) is 38.2 Å². The van der Waals surface area contributed by atoms with Crippen LogP contribution in [-0.2, 0) is 6.54 Å². The summed E-state index contributed by atoms with van der Waals surface area (Å²) in [5.41, 5.74) is 2.35. The number of aliphatic imine (C=N–C) groups is 1. The molecule has 3 rings (SSSR count). The highest BCUT2D eigenvalue weighted by atomic mass is 127. The largest absolute Gasteiger partial charge is 0.356 e. The van der Waals surface area contributed by atoms with Gasteiger partial charge in [-0.25, -0.2) is 4.98 Å². The highest BCUT2D eigenvalue weighted by Gasteiger charge is 2.17. The van der Waals surface area contributed by atoms with E-state index in [0.717, 1.165) is 43.7 Å². The zero-order chi connectivity index (χ0) is 18.9. The molecule has 1 aliphatic heterocycles. The summed E-state index contributed by atoms with van der Waals surface area (Å²) in [6.07, 6.45) is 10.8. The van der Waals surface area contributed by atoms with Gasteiger partial charge < -0.3 is 20.1 Å². The van der Waals surface area contributed by atoms with E-state index < -0.39 is 0 Å². The Hall–Kier alpha value is -1.61. The van der Waals surface area contributed by atoms with E-state index in [1.807, 2.05) is 30.2 Å². The summed E-state index contributed by atoms with van der Waals surface area (Å²) in [4.78, 5) is 11.1. The number of rotatable bonds is 7. The van der Waals surface area contributed by atoms with Crippen LogP contribution in [0.2, 0.25) is 0 Å². The second-order valence-electron chi connectivity index (χ2n) is 7.19. The standard InChI is InChI=1S/C21H32N6.HI/c1-18-8-5-6-13-26(18)14-7-11-24-21(22-2)25-16-19-9-3-4-10-20(19)27-15-12-23-17-27;/h3-4,9-10,12,15,17-18H,5-8,11,13-14,16H2,1-2H3,(H2,22,24,25);1H. The second kappa shape index (κ2) is 12.1. The van der Waals surface area contributed by atoms with Crippen LogP contribution in [-0.4, -0.2) is 53.1 Å². The minimum absolute atomic E-state index is 0. The molecule has 1 atom stereocenters. The molecular weight excluding hydrogens is 463 g/mol. The van der Waals surface area contributed by atoms with E-state index in [2.05, 4.69) is 50.6 Å². The molecule has 1 aromatic carbocycles. The van der Waals surface area contributed by atoms with Crippen LogP contribution in [0.3, 0.4) is 0 Å². The Morgan fingerprint density at radius 1 is 1.25 bits per heavy atom. The number of benzene rings is 1. The summed E-state index contributed by atoms with van der Waals surface area (Å²) >= 11 is 0. The van der Waals surface area contributed by atoms with Crippen LogP contribution < -0.4 is 10.6 Å². The second-order valence-corrected chi connectivity index (χ2v) is 7.19. The van der Waals surface area contributed by atoms with Crippen molar-refractivity contribution < 1.29 is 0 Å². The van der Waals surface area contributed by atoms with E-state index in [1.54, 1.807) is 6.20 Å². The van der Waals surface area contributed by atoms with Gasteiger partial charge in [-0.05, 0) is 44.4 Å². The van der Waals surface area contributed by atoms with Gasteiger partial charge in [0.1, 0.15) is 0 Å². The molecule has 1 saturated heterocycles. The predicted octanol–water partition coefficient (Wildman–Crippen LogP) is 3.42. The smallest absolute Gasteiger partial charge is 0.191 e. The van der Waals surface area contributed by atoms with Crippen LogP contribution in [0.4, 0.5) is 0 Å². The van der Waals surface area contributed by atoms with Gasteiger partial charge >= 0.3 is 0 Å². The summed E-state index contributed by atoms with van der Waals surface area (Å²) in [5.74, 6) is 0.849. The first-order chi connectivity index (χ1) is 13.3. The molecule has 2 N–H and O–H groups in total. The third-order valence-corrected chi connectivity index (χ3v) is 5.30. The predicted molar refractivity (Wildman–Crippen MR) is 127 cm³/mol. The Morgan fingerprint density at radius 2 is 2.11 bits per heavy atom. The van der Waals surface area contributed by atoms with E-state index in [-0.39, 0.29) is 24.0 Å². The lowest BCUT2D eigenvalue weighted by Crippen LogP contribution is -2.41. The zero-order valence-electron chi connectivity index (χ0n) is 17.0. The van der Waals surface area contributed by atoms with Crippen molar-refractivity contribution in [1.29, 1.82) is 0 Å². The summed E-state index contributed by atoms with van der Waals surface area (Å²) in [5, 5.41) is 6.87. The van der Waals surface area contributed by atoms with Gasteiger partial charge in [0.2, 0.25) is 0 Å². The molecule has 1 aliphatic rings. The van der Waals surface area contributed by atoms with Crippen LogP contribution in [0.25, 0.3) is 5.69 Å². The number of guanidine groups is 1. The third kappa shape index (κ3) is 6.48. The SMILES string of the molecule is CN=C(NCCCN1CCCCC1C)NCc1ccccc1-n1ccnc1.I. The van der Waals surface area contributed by atoms with Crippen molar-refractivity contribution in [3.63, 3.8) is 0 Å². The van der Waals surface area contributed by atoms with Gasteiger partial charge in [0, 0.05) is 45.1 Å². The molecule has 6 nitrogen and oxygen atoms in total. The highest BCUT2D eigenvalue weighted by Crippen LogP contribution is 2.16. The first-order valence-corrected chi connectivity index (χ1v) is 10.0. The molecular formula is C21H33IN6. The Labute approximate surface area is 185 Å². The lowest BCUT2D eigenvalue weighted by molar-refractivity contribution is 0.159. The van der Waals surface area contributed by atoms with Gasteiger partial charge in [0.25, 0.3) is 0 Å². The van der Waals surface area contributed by atoms with Gasteiger partial charge in [0.05, 0.1) is 12.0 Å². The summed E-state index contributed by atoms with van der Waals surface area (Å²) in [7, 11) is 1.82. The number of para-hydroxylation sites is 1. The Balaban J connectivity index is 0.00000280. The molecule has 1 unspecified atom stereocenters. The van der Waals surface area contributed by atoms with Crippen LogP contribution in [0, 0.1) is 0 Å². The number of halogens is 1. The first-order valence-electron chi connectivity index (χ1n) is 10.0. The number of piperidine rings is 1. The number of hydrogen-bond donors (Lipinski definition) is 2. The highest BCUT2D eigenvalue weighted by molar-refractivity contribution is 14.0. The number of nitrogens with one attached hydrogen (secondary N) is 2. The molecule has 0 aliphatic carbocycles. The van der Waals surface area contributed by atoms with Crippen molar-refractivity contribution >= 4 is 29.9 Å². The molecule has 1 aromatic heterocycles. The molecule has 0 saturated carbocycles. The molecule has 0 bridgehead atoms. The first kappa shape index (κ1) is 22.7. The van der Waals surface area contributed by atoms with E-state index in [9.17, 15) is 0 Å². The minimum Gasteiger partial charge on any atom is -0.356 e. The van der Waals surface area contributed by atoms with E-state index in [1.165, 1.54) is 31.4 Å². The molecule has 154 valence electrons. The molecule has 2 aromatic rings. The molecule has 1 fully saturated rings. The Morgan fingerprint density at radius 3 is 2.86 bits per heavy atom. The third-order valence-electron chi connectivity index (χ3n) is 5.30. The molecule has 0 amide bonds. The van der Waals surface area contributed by atoms with Gasteiger partial charge in [-0.1, -0.05) is 24.6 Å². The summed E-state index contributed by atoms with van der Waals surface area (Å²) < 4.78 is 2.03. The van der Waals surface area contributed by atoms with Crippen LogP contribution in [0.15, 0.2) is 48.0 Å². The van der Waals surface area contributed by atoms with Crippen molar-refractivity contribution in [3.05, 3.63) is 48.5 Å². The molecule has 0 radical (unpaired) electrons. The van der Waals surface area contributed by atoms with Gasteiger partial charge in [-0.3, -0.25) is 4.99 Å². The minimum atomic E-state index is 0. The molecule has 7 heteroatoms. The number of likely N-dealkylation sites (tertiary alicyclic amines) is 1. The maximum Gasteiger partial charge on any atom is 0.191 e. The maximum absolute atomic E-state index is 4.36.